The van der Waals surface area contributed by atoms with Crippen molar-refractivity contribution in [3.05, 3.63) is 46.6 Å². The second-order valence-corrected chi connectivity index (χ2v) is 8.94. The van der Waals surface area contributed by atoms with Crippen molar-refractivity contribution in [1.29, 1.82) is 0 Å². The molecule has 0 aliphatic heterocycles. The highest BCUT2D eigenvalue weighted by atomic mass is 35.5. The normalized spacial score (nSPS) is 12.5. The van der Waals surface area contributed by atoms with E-state index in [9.17, 15) is 8.42 Å². The molecule has 0 amide bonds. The molecule has 24 heavy (non-hydrogen) atoms. The number of oxazole rings is 1. The van der Waals surface area contributed by atoms with Gasteiger partial charge in [-0.25, -0.2) is 18.1 Å². The van der Waals surface area contributed by atoms with E-state index >= 15 is 0 Å². The topological polar surface area (TPSA) is 72.2 Å². The Balaban J connectivity index is 1.91. The molecule has 1 N–H and O–H groups in total. The molecule has 0 unspecified atom stereocenters. The van der Waals surface area contributed by atoms with Gasteiger partial charge in [0.2, 0.25) is 10.0 Å². The smallest absolute Gasteiger partial charge is 0.240 e. The molecule has 0 spiro atoms. The van der Waals surface area contributed by atoms with Crippen LogP contribution in [0, 0.1) is 6.92 Å². The Morgan fingerprint density at radius 1 is 1.21 bits per heavy atom. The highest BCUT2D eigenvalue weighted by Crippen LogP contribution is 2.24. The standard InChI is InChI=1S/C17H23ClN2O3S/c1-12-15(23-16(20-12)17(2,3)4)6-5-11-19-24(21,22)14-9-7-13(18)8-10-14/h7-10,19H,5-6,11H2,1-4H3. The van der Waals surface area contributed by atoms with Crippen LogP contribution in [-0.2, 0) is 21.9 Å². The van der Waals surface area contributed by atoms with Gasteiger partial charge in [-0.1, -0.05) is 32.4 Å². The van der Waals surface area contributed by atoms with Crippen molar-refractivity contribution in [2.75, 3.05) is 6.54 Å². The van der Waals surface area contributed by atoms with Crippen LogP contribution in [0.25, 0.3) is 0 Å². The van der Waals surface area contributed by atoms with Gasteiger partial charge < -0.3 is 4.42 Å². The fourth-order valence-corrected chi connectivity index (χ4v) is 3.33. The molecule has 0 aliphatic rings. The minimum Gasteiger partial charge on any atom is -0.445 e. The van der Waals surface area contributed by atoms with Crippen LogP contribution in [0.1, 0.15) is 44.5 Å². The number of aryl methyl sites for hydroxylation is 2. The summed E-state index contributed by atoms with van der Waals surface area (Å²) in [6, 6.07) is 6.09. The Bertz CT molecular complexity index is 790. The Morgan fingerprint density at radius 2 is 1.83 bits per heavy atom. The number of nitrogens with one attached hydrogen (secondary N) is 1. The quantitative estimate of drug-likeness (QED) is 0.784. The van der Waals surface area contributed by atoms with E-state index in [2.05, 4.69) is 9.71 Å². The molecule has 5 nitrogen and oxygen atoms in total. The molecule has 2 rings (SSSR count). The number of halogens is 1. The maximum absolute atomic E-state index is 12.2. The largest absolute Gasteiger partial charge is 0.445 e. The molecule has 1 aromatic carbocycles. The molecule has 0 atom stereocenters. The first-order valence-electron chi connectivity index (χ1n) is 7.81. The van der Waals surface area contributed by atoms with Gasteiger partial charge in [-0.15, -0.1) is 0 Å². The molecule has 132 valence electrons. The SMILES string of the molecule is Cc1nc(C(C)(C)C)oc1CCCNS(=O)(=O)c1ccc(Cl)cc1. The summed E-state index contributed by atoms with van der Waals surface area (Å²) in [4.78, 5) is 4.65. The van der Waals surface area contributed by atoms with E-state index < -0.39 is 10.0 Å². The minimum atomic E-state index is -3.51. The average Bonchev–Trinajstić information content (AvgIpc) is 2.85. The van der Waals surface area contributed by atoms with Crippen LogP contribution in [0.4, 0.5) is 0 Å². The van der Waals surface area contributed by atoms with Gasteiger partial charge in [0.05, 0.1) is 10.6 Å². The number of sulfonamides is 1. The second kappa shape index (κ2) is 7.25. The van der Waals surface area contributed by atoms with Crippen molar-refractivity contribution in [1.82, 2.24) is 9.71 Å². The van der Waals surface area contributed by atoms with Crippen LogP contribution in [-0.4, -0.2) is 19.9 Å². The average molecular weight is 371 g/mol. The Hall–Kier alpha value is -1.37. The zero-order valence-electron chi connectivity index (χ0n) is 14.4. The molecule has 2 aromatic rings. The predicted octanol–water partition coefficient (Wildman–Crippen LogP) is 3.85. The highest BCUT2D eigenvalue weighted by Gasteiger charge is 2.22. The lowest BCUT2D eigenvalue weighted by Gasteiger charge is -2.12. The second-order valence-electron chi connectivity index (χ2n) is 6.73. The number of aromatic nitrogens is 1. The van der Waals surface area contributed by atoms with Crippen LogP contribution >= 0.6 is 11.6 Å². The van der Waals surface area contributed by atoms with E-state index in [4.69, 9.17) is 16.0 Å². The summed E-state index contributed by atoms with van der Waals surface area (Å²) in [5, 5.41) is 0.504. The Labute approximate surface area is 148 Å². The molecular formula is C17H23ClN2O3S. The molecule has 0 radical (unpaired) electrons. The third kappa shape index (κ3) is 4.82. The molecule has 0 saturated heterocycles. The number of rotatable bonds is 6. The number of benzene rings is 1. The van der Waals surface area contributed by atoms with Gasteiger partial charge in [0, 0.05) is 23.4 Å². The molecule has 0 fully saturated rings. The zero-order chi connectivity index (χ0) is 18.0. The van der Waals surface area contributed by atoms with E-state index in [0.717, 1.165) is 11.5 Å². The lowest BCUT2D eigenvalue weighted by Crippen LogP contribution is -2.25. The zero-order valence-corrected chi connectivity index (χ0v) is 16.0. The molecule has 1 aromatic heterocycles. The molecule has 7 heteroatoms. The Morgan fingerprint density at radius 3 is 2.38 bits per heavy atom. The fourth-order valence-electron chi connectivity index (χ4n) is 2.13. The number of hydrogen-bond donors (Lipinski definition) is 1. The van der Waals surface area contributed by atoms with E-state index in [1.807, 2.05) is 27.7 Å². The third-order valence-electron chi connectivity index (χ3n) is 3.53. The molecule has 0 bridgehead atoms. The van der Waals surface area contributed by atoms with Crippen molar-refractivity contribution in [3.8, 4) is 0 Å². The van der Waals surface area contributed by atoms with Crippen LogP contribution < -0.4 is 4.72 Å². The van der Waals surface area contributed by atoms with Crippen molar-refractivity contribution < 1.29 is 12.8 Å². The fraction of sp³-hybridized carbons (Fsp3) is 0.471. The molecule has 0 aliphatic carbocycles. The predicted molar refractivity (Wildman–Crippen MR) is 94.9 cm³/mol. The molecule has 0 saturated carbocycles. The third-order valence-corrected chi connectivity index (χ3v) is 5.26. The van der Waals surface area contributed by atoms with Crippen LogP contribution in [0.2, 0.25) is 5.02 Å². The van der Waals surface area contributed by atoms with Gasteiger partial charge in [-0.2, -0.15) is 0 Å². The van der Waals surface area contributed by atoms with Gasteiger partial charge in [-0.3, -0.25) is 0 Å². The first kappa shape index (κ1) is 19.0. The lowest BCUT2D eigenvalue weighted by atomic mass is 9.97. The summed E-state index contributed by atoms with van der Waals surface area (Å²) >= 11 is 5.77. The summed E-state index contributed by atoms with van der Waals surface area (Å²) in [5.41, 5.74) is 0.722. The van der Waals surface area contributed by atoms with Crippen LogP contribution in [0.3, 0.4) is 0 Å². The van der Waals surface area contributed by atoms with Crippen LogP contribution in [0.5, 0.6) is 0 Å². The molecular weight excluding hydrogens is 348 g/mol. The first-order chi connectivity index (χ1) is 11.1. The van der Waals surface area contributed by atoms with E-state index in [0.29, 0.717) is 30.3 Å². The van der Waals surface area contributed by atoms with Gasteiger partial charge in [0.15, 0.2) is 5.89 Å². The number of hydrogen-bond acceptors (Lipinski definition) is 4. The summed E-state index contributed by atoms with van der Waals surface area (Å²) in [6.07, 6.45) is 1.27. The van der Waals surface area contributed by atoms with Gasteiger partial charge in [0.1, 0.15) is 5.76 Å². The van der Waals surface area contributed by atoms with Crippen molar-refractivity contribution in [2.24, 2.45) is 0 Å². The Kier molecular flexibility index (Phi) is 5.73. The van der Waals surface area contributed by atoms with Gasteiger partial charge >= 0.3 is 0 Å². The summed E-state index contributed by atoms with van der Waals surface area (Å²) < 4.78 is 32.7. The summed E-state index contributed by atoms with van der Waals surface area (Å²) in [6.45, 7) is 8.37. The van der Waals surface area contributed by atoms with Gasteiger partial charge in [0.25, 0.3) is 0 Å². The minimum absolute atomic E-state index is 0.140. The van der Waals surface area contributed by atoms with E-state index in [-0.39, 0.29) is 10.3 Å². The van der Waals surface area contributed by atoms with Gasteiger partial charge in [-0.05, 0) is 37.6 Å². The first-order valence-corrected chi connectivity index (χ1v) is 9.68. The lowest BCUT2D eigenvalue weighted by molar-refractivity contribution is 0.370. The molecule has 1 heterocycles. The summed E-state index contributed by atoms with van der Waals surface area (Å²) in [5.74, 6) is 1.52. The van der Waals surface area contributed by atoms with E-state index in [1.165, 1.54) is 12.1 Å². The van der Waals surface area contributed by atoms with E-state index in [1.54, 1.807) is 12.1 Å². The van der Waals surface area contributed by atoms with Crippen LogP contribution in [0.15, 0.2) is 33.6 Å². The van der Waals surface area contributed by atoms with Crippen molar-refractivity contribution in [3.63, 3.8) is 0 Å². The maximum atomic E-state index is 12.2. The monoisotopic (exact) mass is 370 g/mol. The van der Waals surface area contributed by atoms with Crippen molar-refractivity contribution >= 4 is 21.6 Å². The van der Waals surface area contributed by atoms with Crippen molar-refractivity contribution in [2.45, 2.75) is 50.8 Å². The highest BCUT2D eigenvalue weighted by molar-refractivity contribution is 7.89. The summed E-state index contributed by atoms with van der Waals surface area (Å²) in [7, 11) is -3.51. The maximum Gasteiger partial charge on any atom is 0.240 e. The number of nitrogens with zero attached hydrogens (tertiary/aromatic N) is 1.